The van der Waals surface area contributed by atoms with E-state index in [9.17, 15) is 4.39 Å². The SMILES string of the molecule is C[C@@H](Sc1nnc([C@H](C)N2CCCCC2)n1-c1ccc(F)cc1)c1nnc(-c2ccccc2)o1. The zero-order chi connectivity index (χ0) is 23.5. The Morgan fingerprint density at radius 3 is 2.35 bits per heavy atom. The summed E-state index contributed by atoms with van der Waals surface area (Å²) < 4.78 is 21.6. The molecule has 2 atom stereocenters. The number of benzene rings is 2. The third kappa shape index (κ3) is 4.76. The quantitative estimate of drug-likeness (QED) is 0.308. The van der Waals surface area contributed by atoms with Crippen molar-refractivity contribution in [3.8, 4) is 17.1 Å². The molecular formula is C25H27FN6OS. The van der Waals surface area contributed by atoms with Gasteiger partial charge in [0.25, 0.3) is 0 Å². The number of hydrogen-bond acceptors (Lipinski definition) is 7. The summed E-state index contributed by atoms with van der Waals surface area (Å²) in [4.78, 5) is 2.44. The number of piperidine rings is 1. The third-order valence-electron chi connectivity index (χ3n) is 6.15. The van der Waals surface area contributed by atoms with Crippen LogP contribution in [0.25, 0.3) is 17.1 Å². The molecule has 0 amide bonds. The summed E-state index contributed by atoms with van der Waals surface area (Å²) in [5.74, 6) is 1.58. The zero-order valence-corrected chi connectivity index (χ0v) is 20.1. The molecule has 0 N–H and O–H groups in total. The van der Waals surface area contributed by atoms with Gasteiger partial charge in [0.2, 0.25) is 11.8 Å². The lowest BCUT2D eigenvalue weighted by Crippen LogP contribution is -2.33. The molecule has 1 fully saturated rings. The molecule has 0 bridgehead atoms. The van der Waals surface area contributed by atoms with Crippen molar-refractivity contribution >= 4 is 11.8 Å². The second-order valence-electron chi connectivity index (χ2n) is 8.50. The molecule has 34 heavy (non-hydrogen) atoms. The molecular weight excluding hydrogens is 451 g/mol. The summed E-state index contributed by atoms with van der Waals surface area (Å²) in [6.45, 7) is 6.25. The molecule has 2 aromatic carbocycles. The van der Waals surface area contributed by atoms with Crippen LogP contribution in [-0.4, -0.2) is 43.0 Å². The Kier molecular flexibility index (Phi) is 6.73. The minimum absolute atomic E-state index is 0.0931. The fourth-order valence-corrected chi connectivity index (χ4v) is 5.14. The highest BCUT2D eigenvalue weighted by Crippen LogP contribution is 2.37. The Morgan fingerprint density at radius 1 is 0.882 bits per heavy atom. The van der Waals surface area contributed by atoms with E-state index in [2.05, 4.69) is 32.2 Å². The van der Waals surface area contributed by atoms with E-state index in [0.29, 0.717) is 16.9 Å². The largest absolute Gasteiger partial charge is 0.419 e. The van der Waals surface area contributed by atoms with E-state index < -0.39 is 0 Å². The average Bonchev–Trinajstić information content (AvgIpc) is 3.53. The minimum atomic E-state index is -0.274. The second-order valence-corrected chi connectivity index (χ2v) is 9.80. The van der Waals surface area contributed by atoms with Crippen LogP contribution in [0.3, 0.4) is 0 Å². The van der Waals surface area contributed by atoms with E-state index in [1.54, 1.807) is 12.1 Å². The molecule has 0 saturated carbocycles. The van der Waals surface area contributed by atoms with Crippen LogP contribution in [0.1, 0.15) is 56.1 Å². The average molecular weight is 479 g/mol. The summed E-state index contributed by atoms with van der Waals surface area (Å²) in [5, 5.41) is 18.1. The Balaban J connectivity index is 1.44. The van der Waals surface area contributed by atoms with E-state index in [1.165, 1.54) is 43.2 Å². The lowest BCUT2D eigenvalue weighted by Gasteiger charge is -2.31. The number of nitrogens with zero attached hydrogens (tertiary/aromatic N) is 6. The van der Waals surface area contributed by atoms with Gasteiger partial charge < -0.3 is 4.42 Å². The van der Waals surface area contributed by atoms with Gasteiger partial charge in [-0.15, -0.1) is 20.4 Å². The smallest absolute Gasteiger partial charge is 0.247 e. The third-order valence-corrected chi connectivity index (χ3v) is 7.18. The molecule has 176 valence electrons. The van der Waals surface area contributed by atoms with E-state index in [4.69, 9.17) is 4.42 Å². The van der Waals surface area contributed by atoms with Crippen LogP contribution in [0.15, 0.2) is 64.2 Å². The first-order chi connectivity index (χ1) is 16.6. The van der Waals surface area contributed by atoms with Gasteiger partial charge in [0.05, 0.1) is 11.3 Å². The summed E-state index contributed by atoms with van der Waals surface area (Å²) in [5.41, 5.74) is 1.71. The lowest BCUT2D eigenvalue weighted by atomic mass is 10.1. The molecule has 9 heteroatoms. The second kappa shape index (κ2) is 10.1. The monoisotopic (exact) mass is 478 g/mol. The topological polar surface area (TPSA) is 72.9 Å². The number of halogens is 1. The molecule has 0 aliphatic carbocycles. The van der Waals surface area contributed by atoms with Crippen LogP contribution in [0.5, 0.6) is 0 Å². The van der Waals surface area contributed by atoms with E-state index >= 15 is 0 Å². The van der Waals surface area contributed by atoms with Gasteiger partial charge in [0.1, 0.15) is 5.82 Å². The maximum Gasteiger partial charge on any atom is 0.247 e. The molecule has 1 saturated heterocycles. The first kappa shape index (κ1) is 22.7. The van der Waals surface area contributed by atoms with Crippen molar-refractivity contribution in [1.82, 2.24) is 29.9 Å². The number of hydrogen-bond donors (Lipinski definition) is 0. The molecule has 4 aromatic rings. The molecule has 7 nitrogen and oxygen atoms in total. The molecule has 0 unspecified atom stereocenters. The minimum Gasteiger partial charge on any atom is -0.419 e. The van der Waals surface area contributed by atoms with Crippen molar-refractivity contribution in [2.45, 2.75) is 49.6 Å². The number of likely N-dealkylation sites (tertiary alicyclic amines) is 1. The summed E-state index contributed by atoms with van der Waals surface area (Å²) in [6, 6.07) is 16.3. The van der Waals surface area contributed by atoms with Crippen molar-refractivity contribution in [3.05, 3.63) is 72.1 Å². The standard InChI is InChI=1S/C25H27FN6OS/c1-17(31-15-7-4-8-16-31)22-27-30-25(32(22)21-13-11-20(26)12-14-21)34-18(2)23-28-29-24(33-23)19-9-5-3-6-10-19/h3,5-6,9-14,17-18H,4,7-8,15-16H2,1-2H3/t17-,18+/m0/s1. The number of thioether (sulfide) groups is 1. The van der Waals surface area contributed by atoms with Crippen molar-refractivity contribution in [2.24, 2.45) is 0 Å². The van der Waals surface area contributed by atoms with E-state index in [1.807, 2.05) is 41.8 Å². The Bertz CT molecular complexity index is 1220. The fraction of sp³-hybridized carbons (Fsp3) is 0.360. The predicted octanol–water partition coefficient (Wildman–Crippen LogP) is 5.86. The van der Waals surface area contributed by atoms with Crippen LogP contribution >= 0.6 is 11.8 Å². The highest BCUT2D eigenvalue weighted by atomic mass is 32.2. The van der Waals surface area contributed by atoms with Crippen LogP contribution in [0, 0.1) is 5.82 Å². The summed E-state index contributed by atoms with van der Waals surface area (Å²) in [7, 11) is 0. The van der Waals surface area contributed by atoms with Gasteiger partial charge in [-0.3, -0.25) is 9.47 Å². The molecule has 1 aliphatic heterocycles. The first-order valence-corrected chi connectivity index (χ1v) is 12.5. The van der Waals surface area contributed by atoms with Gasteiger partial charge in [-0.1, -0.05) is 36.4 Å². The normalized spacial score (nSPS) is 16.4. The van der Waals surface area contributed by atoms with Crippen LogP contribution in [-0.2, 0) is 0 Å². The highest BCUT2D eigenvalue weighted by Gasteiger charge is 2.27. The van der Waals surface area contributed by atoms with Gasteiger partial charge >= 0.3 is 0 Å². The Labute approximate surface area is 202 Å². The van der Waals surface area contributed by atoms with Gasteiger partial charge in [0.15, 0.2) is 11.0 Å². The number of rotatable bonds is 7. The predicted molar refractivity (Wildman–Crippen MR) is 129 cm³/mol. The molecule has 2 aromatic heterocycles. The fourth-order valence-electron chi connectivity index (χ4n) is 4.23. The van der Waals surface area contributed by atoms with Gasteiger partial charge in [-0.05, 0) is 76.2 Å². The molecule has 1 aliphatic rings. The maximum absolute atomic E-state index is 13.7. The molecule has 5 rings (SSSR count). The van der Waals surface area contributed by atoms with E-state index in [0.717, 1.165) is 30.2 Å². The molecule has 3 heterocycles. The van der Waals surface area contributed by atoms with Gasteiger partial charge in [0, 0.05) is 11.3 Å². The Hall–Kier alpha value is -3.04. The van der Waals surface area contributed by atoms with Crippen molar-refractivity contribution in [3.63, 3.8) is 0 Å². The first-order valence-electron chi connectivity index (χ1n) is 11.6. The van der Waals surface area contributed by atoms with Crippen molar-refractivity contribution in [2.75, 3.05) is 13.1 Å². The summed E-state index contributed by atoms with van der Waals surface area (Å²) >= 11 is 1.50. The van der Waals surface area contributed by atoms with Crippen LogP contribution in [0.2, 0.25) is 0 Å². The highest BCUT2D eigenvalue weighted by molar-refractivity contribution is 7.99. The van der Waals surface area contributed by atoms with E-state index in [-0.39, 0.29) is 17.1 Å². The maximum atomic E-state index is 13.7. The Morgan fingerprint density at radius 2 is 1.62 bits per heavy atom. The van der Waals surface area contributed by atoms with Gasteiger partial charge in [-0.2, -0.15) is 0 Å². The van der Waals surface area contributed by atoms with Crippen LogP contribution < -0.4 is 0 Å². The zero-order valence-electron chi connectivity index (χ0n) is 19.3. The number of aromatic nitrogens is 5. The summed E-state index contributed by atoms with van der Waals surface area (Å²) in [6.07, 6.45) is 3.64. The molecule has 0 radical (unpaired) electrons. The van der Waals surface area contributed by atoms with Crippen molar-refractivity contribution in [1.29, 1.82) is 0 Å². The molecule has 0 spiro atoms. The van der Waals surface area contributed by atoms with Crippen LogP contribution in [0.4, 0.5) is 4.39 Å². The lowest BCUT2D eigenvalue weighted by molar-refractivity contribution is 0.167. The van der Waals surface area contributed by atoms with Gasteiger partial charge in [-0.25, -0.2) is 4.39 Å². The van der Waals surface area contributed by atoms with Crippen molar-refractivity contribution < 1.29 is 8.81 Å².